The third-order valence-electron chi connectivity index (χ3n) is 2.90. The van der Waals surface area contributed by atoms with Crippen molar-refractivity contribution in [1.29, 1.82) is 0 Å². The maximum Gasteiger partial charge on any atom is 0.305 e. The summed E-state index contributed by atoms with van der Waals surface area (Å²) in [6, 6.07) is 6.45. The molecule has 0 fully saturated rings. The van der Waals surface area contributed by atoms with Gasteiger partial charge in [-0.3, -0.25) is 14.9 Å². The number of rotatable bonds is 9. The fourth-order valence-electron chi connectivity index (χ4n) is 1.75. The Bertz CT molecular complexity index is 553. The van der Waals surface area contributed by atoms with Crippen molar-refractivity contribution in [2.24, 2.45) is 0 Å². The van der Waals surface area contributed by atoms with Crippen molar-refractivity contribution < 1.29 is 14.5 Å². The molecule has 0 amide bonds. The second kappa shape index (κ2) is 10.3. The van der Waals surface area contributed by atoms with Crippen molar-refractivity contribution in [3.63, 3.8) is 0 Å². The number of carbonyl (C=O) groups excluding carboxylic acids is 1. The monoisotopic (exact) mass is 340 g/mol. The molecule has 1 aromatic carbocycles. The third-order valence-corrected chi connectivity index (χ3v) is 3.19. The Morgan fingerprint density at radius 2 is 1.96 bits per heavy atom. The average molecular weight is 340 g/mol. The summed E-state index contributed by atoms with van der Waals surface area (Å²) in [7, 11) is 1.35. The number of nitrogens with zero attached hydrogens (tertiary/aromatic N) is 1. The van der Waals surface area contributed by atoms with Crippen molar-refractivity contribution in [2.45, 2.75) is 12.8 Å². The molecule has 8 nitrogen and oxygen atoms in total. The first-order chi connectivity index (χ1) is 11.0. The van der Waals surface area contributed by atoms with Gasteiger partial charge in [-0.05, 0) is 24.7 Å². The summed E-state index contributed by atoms with van der Waals surface area (Å²) in [6.45, 7) is 1.56. The molecule has 0 bridgehead atoms. The fourth-order valence-corrected chi connectivity index (χ4v) is 1.96. The summed E-state index contributed by atoms with van der Waals surface area (Å²) in [5, 5.41) is 20.3. The summed E-state index contributed by atoms with van der Waals surface area (Å²) >= 11 is 5.08. The number of hydrogen-bond donors (Lipinski definition) is 3. The van der Waals surface area contributed by atoms with E-state index in [1.807, 2.05) is 0 Å². The zero-order valence-corrected chi connectivity index (χ0v) is 13.6. The van der Waals surface area contributed by atoms with Crippen LogP contribution in [-0.2, 0) is 9.53 Å². The third kappa shape index (κ3) is 7.41. The molecule has 0 aliphatic heterocycles. The van der Waals surface area contributed by atoms with Crippen LogP contribution in [0.25, 0.3) is 0 Å². The molecule has 0 aliphatic carbocycles. The van der Waals surface area contributed by atoms with Crippen molar-refractivity contribution in [2.75, 3.05) is 32.1 Å². The Kier molecular flexibility index (Phi) is 8.37. The SMILES string of the molecule is COC(=O)CCCNC(=S)NCCNc1ccccc1[N+](=O)[O-]. The van der Waals surface area contributed by atoms with E-state index in [9.17, 15) is 14.9 Å². The Labute approximate surface area is 139 Å². The zero-order chi connectivity index (χ0) is 17.1. The Balaban J connectivity index is 2.18. The van der Waals surface area contributed by atoms with E-state index in [4.69, 9.17) is 12.2 Å². The van der Waals surface area contributed by atoms with Gasteiger partial charge in [0, 0.05) is 32.1 Å². The van der Waals surface area contributed by atoms with E-state index in [1.54, 1.807) is 18.2 Å². The topological polar surface area (TPSA) is 106 Å². The van der Waals surface area contributed by atoms with Crippen LogP contribution in [0.1, 0.15) is 12.8 Å². The smallest absolute Gasteiger partial charge is 0.305 e. The van der Waals surface area contributed by atoms with Crippen LogP contribution in [0, 0.1) is 10.1 Å². The van der Waals surface area contributed by atoms with E-state index in [-0.39, 0.29) is 11.7 Å². The number of nitrogens with one attached hydrogen (secondary N) is 3. The number of anilines is 1. The molecule has 126 valence electrons. The molecule has 1 rings (SSSR count). The van der Waals surface area contributed by atoms with Crippen LogP contribution >= 0.6 is 12.2 Å². The quantitative estimate of drug-likeness (QED) is 0.204. The molecule has 3 N–H and O–H groups in total. The first-order valence-electron chi connectivity index (χ1n) is 7.10. The van der Waals surface area contributed by atoms with Crippen LogP contribution in [-0.4, -0.2) is 42.7 Å². The fraction of sp³-hybridized carbons (Fsp3) is 0.429. The second-order valence-corrected chi connectivity index (χ2v) is 4.97. The minimum atomic E-state index is -0.427. The molecule has 0 aromatic heterocycles. The van der Waals surface area contributed by atoms with Crippen molar-refractivity contribution in [1.82, 2.24) is 10.6 Å². The van der Waals surface area contributed by atoms with E-state index in [0.717, 1.165) is 0 Å². The number of nitro benzene ring substituents is 1. The number of para-hydroxylation sites is 2. The minimum Gasteiger partial charge on any atom is -0.469 e. The summed E-state index contributed by atoms with van der Waals surface area (Å²) in [6.07, 6.45) is 0.967. The minimum absolute atomic E-state index is 0.0380. The first kappa shape index (κ1) is 18.6. The molecule has 0 heterocycles. The molecule has 9 heteroatoms. The lowest BCUT2D eigenvalue weighted by Gasteiger charge is -2.11. The van der Waals surface area contributed by atoms with E-state index in [1.165, 1.54) is 13.2 Å². The summed E-state index contributed by atoms with van der Waals surface area (Å²) in [5.74, 6) is -0.251. The van der Waals surface area contributed by atoms with Gasteiger partial charge in [0.2, 0.25) is 0 Å². The Hall–Kier alpha value is -2.42. The second-order valence-electron chi connectivity index (χ2n) is 4.56. The molecule has 0 saturated heterocycles. The van der Waals surface area contributed by atoms with E-state index in [0.29, 0.717) is 43.3 Å². The maximum absolute atomic E-state index is 10.9. The van der Waals surface area contributed by atoms with Gasteiger partial charge in [-0.2, -0.15) is 0 Å². The summed E-state index contributed by atoms with van der Waals surface area (Å²) < 4.78 is 4.53. The predicted octanol–water partition coefficient (Wildman–Crippen LogP) is 1.42. The van der Waals surface area contributed by atoms with Crippen LogP contribution in [0.15, 0.2) is 24.3 Å². The van der Waals surface area contributed by atoms with Crippen molar-refractivity contribution in [3.8, 4) is 0 Å². The maximum atomic E-state index is 10.9. The van der Waals surface area contributed by atoms with Gasteiger partial charge in [0.25, 0.3) is 5.69 Å². The number of esters is 1. The highest BCUT2D eigenvalue weighted by atomic mass is 32.1. The predicted molar refractivity (Wildman–Crippen MR) is 91.4 cm³/mol. The molecule has 23 heavy (non-hydrogen) atoms. The highest BCUT2D eigenvalue weighted by molar-refractivity contribution is 7.80. The van der Waals surface area contributed by atoms with E-state index >= 15 is 0 Å². The number of methoxy groups -OCH3 is 1. The van der Waals surface area contributed by atoms with Crippen LogP contribution < -0.4 is 16.0 Å². The molecule has 0 unspecified atom stereocenters. The average Bonchev–Trinajstić information content (AvgIpc) is 2.55. The lowest BCUT2D eigenvalue weighted by Crippen LogP contribution is -2.38. The number of thiocarbonyl (C=S) groups is 1. The Morgan fingerprint density at radius 3 is 2.65 bits per heavy atom. The molecule has 1 aromatic rings. The number of ether oxygens (including phenoxy) is 1. The lowest BCUT2D eigenvalue weighted by atomic mass is 10.2. The molecular weight excluding hydrogens is 320 g/mol. The highest BCUT2D eigenvalue weighted by Crippen LogP contribution is 2.22. The summed E-state index contributed by atoms with van der Waals surface area (Å²) in [5.41, 5.74) is 0.507. The van der Waals surface area contributed by atoms with E-state index < -0.39 is 4.92 Å². The number of carbonyl (C=O) groups is 1. The van der Waals surface area contributed by atoms with E-state index in [2.05, 4.69) is 20.7 Å². The molecule has 0 atom stereocenters. The molecule has 0 spiro atoms. The van der Waals surface area contributed by atoms with Crippen LogP contribution in [0.4, 0.5) is 11.4 Å². The molecule has 0 radical (unpaired) electrons. The zero-order valence-electron chi connectivity index (χ0n) is 12.8. The standard InChI is InChI=1S/C14H20N4O4S/c1-22-13(19)7-4-8-16-14(23)17-10-9-15-11-5-2-3-6-12(11)18(20)21/h2-3,5-6,15H,4,7-10H2,1H3,(H2,16,17,23). The van der Waals surface area contributed by atoms with Gasteiger partial charge in [-0.15, -0.1) is 0 Å². The normalized spacial score (nSPS) is 9.78. The molecule has 0 aliphatic rings. The number of hydrogen-bond acceptors (Lipinski definition) is 6. The highest BCUT2D eigenvalue weighted by Gasteiger charge is 2.11. The molecular formula is C14H20N4O4S. The van der Waals surface area contributed by atoms with Gasteiger partial charge < -0.3 is 20.7 Å². The number of benzene rings is 1. The van der Waals surface area contributed by atoms with Crippen molar-refractivity contribution >= 4 is 34.7 Å². The van der Waals surface area contributed by atoms with Crippen LogP contribution in [0.2, 0.25) is 0 Å². The van der Waals surface area contributed by atoms with Gasteiger partial charge in [0.05, 0.1) is 12.0 Å². The Morgan fingerprint density at radius 1 is 1.26 bits per heavy atom. The van der Waals surface area contributed by atoms with Crippen LogP contribution in [0.5, 0.6) is 0 Å². The summed E-state index contributed by atoms with van der Waals surface area (Å²) in [4.78, 5) is 21.4. The van der Waals surface area contributed by atoms with Gasteiger partial charge >= 0.3 is 5.97 Å². The van der Waals surface area contributed by atoms with Gasteiger partial charge in [0.1, 0.15) is 5.69 Å². The van der Waals surface area contributed by atoms with Crippen LogP contribution in [0.3, 0.4) is 0 Å². The molecule has 0 saturated carbocycles. The van der Waals surface area contributed by atoms with Gasteiger partial charge in [0.15, 0.2) is 5.11 Å². The van der Waals surface area contributed by atoms with Gasteiger partial charge in [-0.25, -0.2) is 0 Å². The van der Waals surface area contributed by atoms with Gasteiger partial charge in [-0.1, -0.05) is 12.1 Å². The lowest BCUT2D eigenvalue weighted by molar-refractivity contribution is -0.384. The number of nitro groups is 1. The van der Waals surface area contributed by atoms with Crippen molar-refractivity contribution in [3.05, 3.63) is 34.4 Å². The first-order valence-corrected chi connectivity index (χ1v) is 7.51. The largest absolute Gasteiger partial charge is 0.469 e.